The second-order valence-corrected chi connectivity index (χ2v) is 7.30. The molecule has 0 bridgehead atoms. The summed E-state index contributed by atoms with van der Waals surface area (Å²) in [5.74, 6) is 0. The van der Waals surface area contributed by atoms with Crippen LogP contribution in [0.5, 0.6) is 0 Å². The third-order valence-electron chi connectivity index (χ3n) is 3.01. The van der Waals surface area contributed by atoms with Gasteiger partial charge in [-0.15, -0.1) is 0 Å². The molecule has 2 aromatic carbocycles. The Morgan fingerprint density at radius 3 is 2.14 bits per heavy atom. The molecule has 0 N–H and O–H groups in total. The molecule has 0 atom stereocenters. The fourth-order valence-electron chi connectivity index (χ4n) is 1.79. The van der Waals surface area contributed by atoms with E-state index in [1.807, 2.05) is 6.92 Å². The molecule has 6 heteroatoms. The Kier molecular flexibility index (Phi) is 4.92. The van der Waals surface area contributed by atoms with Crippen molar-refractivity contribution in [1.29, 1.82) is 5.26 Å². The minimum atomic E-state index is -3.92. The maximum Gasteiger partial charge on any atom is 0.216 e. The van der Waals surface area contributed by atoms with E-state index in [4.69, 9.17) is 23.2 Å². The van der Waals surface area contributed by atoms with E-state index in [-0.39, 0.29) is 14.9 Å². The number of nitriles is 1. The molecular formula is C16H11Cl2NO2S. The molecule has 0 aliphatic heterocycles. The van der Waals surface area contributed by atoms with Crippen molar-refractivity contribution in [3.63, 3.8) is 0 Å². The Balaban J connectivity index is 2.59. The van der Waals surface area contributed by atoms with E-state index in [0.29, 0.717) is 5.56 Å². The van der Waals surface area contributed by atoms with Crippen LogP contribution in [0.3, 0.4) is 0 Å². The summed E-state index contributed by atoms with van der Waals surface area (Å²) in [7, 11) is -3.92. The van der Waals surface area contributed by atoms with E-state index in [1.54, 1.807) is 36.4 Å². The van der Waals surface area contributed by atoms with Crippen molar-refractivity contribution in [1.82, 2.24) is 0 Å². The minimum absolute atomic E-state index is 0.0501. The van der Waals surface area contributed by atoms with Crippen LogP contribution in [-0.4, -0.2) is 8.42 Å². The normalized spacial score (nSPS) is 12.0. The van der Waals surface area contributed by atoms with E-state index in [0.717, 1.165) is 5.56 Å². The van der Waals surface area contributed by atoms with Crippen molar-refractivity contribution in [2.45, 2.75) is 11.8 Å². The molecule has 2 aromatic rings. The van der Waals surface area contributed by atoms with Gasteiger partial charge in [0, 0.05) is 15.6 Å². The molecule has 0 amide bonds. The lowest BCUT2D eigenvalue weighted by atomic mass is 10.2. The summed E-state index contributed by atoms with van der Waals surface area (Å²) in [6.45, 7) is 1.85. The Morgan fingerprint density at radius 2 is 1.64 bits per heavy atom. The Labute approximate surface area is 139 Å². The maximum atomic E-state index is 12.5. The fourth-order valence-corrected chi connectivity index (χ4v) is 3.44. The SMILES string of the molecule is Cc1ccc(S(=O)(=O)C(C#N)=Cc2c(Cl)cccc2Cl)cc1. The molecule has 0 fully saturated rings. The van der Waals surface area contributed by atoms with Crippen LogP contribution >= 0.6 is 23.2 Å². The van der Waals surface area contributed by atoms with Crippen LogP contribution in [-0.2, 0) is 9.84 Å². The van der Waals surface area contributed by atoms with Crippen molar-refractivity contribution in [2.24, 2.45) is 0 Å². The lowest BCUT2D eigenvalue weighted by Gasteiger charge is -2.05. The Bertz CT molecular complexity index is 859. The van der Waals surface area contributed by atoms with Gasteiger partial charge in [0.2, 0.25) is 9.84 Å². The van der Waals surface area contributed by atoms with Gasteiger partial charge < -0.3 is 0 Å². The maximum absolute atomic E-state index is 12.5. The fraction of sp³-hybridized carbons (Fsp3) is 0.0625. The monoisotopic (exact) mass is 351 g/mol. The van der Waals surface area contributed by atoms with Crippen LogP contribution in [0.2, 0.25) is 10.0 Å². The van der Waals surface area contributed by atoms with Crippen LogP contribution in [0.25, 0.3) is 6.08 Å². The van der Waals surface area contributed by atoms with E-state index in [1.165, 1.54) is 18.2 Å². The van der Waals surface area contributed by atoms with Crippen LogP contribution in [0.1, 0.15) is 11.1 Å². The van der Waals surface area contributed by atoms with E-state index < -0.39 is 14.7 Å². The van der Waals surface area contributed by atoms with E-state index in [9.17, 15) is 13.7 Å². The zero-order chi connectivity index (χ0) is 16.3. The first-order valence-corrected chi connectivity index (χ1v) is 8.47. The second-order valence-electron chi connectivity index (χ2n) is 4.57. The number of hydrogen-bond acceptors (Lipinski definition) is 3. The molecule has 0 radical (unpaired) electrons. The number of sulfone groups is 1. The lowest BCUT2D eigenvalue weighted by molar-refractivity contribution is 0.603. The van der Waals surface area contributed by atoms with E-state index >= 15 is 0 Å². The predicted octanol–water partition coefficient (Wildman–Crippen LogP) is 4.64. The quantitative estimate of drug-likeness (QED) is 0.756. The zero-order valence-electron chi connectivity index (χ0n) is 11.5. The summed E-state index contributed by atoms with van der Waals surface area (Å²) >= 11 is 12.0. The third-order valence-corrected chi connectivity index (χ3v) is 5.35. The molecule has 22 heavy (non-hydrogen) atoms. The third kappa shape index (κ3) is 3.33. The predicted molar refractivity (Wildman–Crippen MR) is 88.4 cm³/mol. The van der Waals surface area contributed by atoms with Crippen molar-refractivity contribution >= 4 is 39.1 Å². The Hall–Kier alpha value is -1.80. The van der Waals surface area contributed by atoms with Crippen LogP contribution in [0.4, 0.5) is 0 Å². The van der Waals surface area contributed by atoms with E-state index in [2.05, 4.69) is 0 Å². The van der Waals surface area contributed by atoms with Gasteiger partial charge in [-0.1, -0.05) is 47.0 Å². The Morgan fingerprint density at radius 1 is 1.09 bits per heavy atom. The molecular weight excluding hydrogens is 341 g/mol. The second kappa shape index (κ2) is 6.53. The molecule has 0 aromatic heterocycles. The van der Waals surface area contributed by atoms with Gasteiger partial charge in [-0.25, -0.2) is 8.42 Å². The first-order valence-electron chi connectivity index (χ1n) is 6.24. The number of halogens is 2. The molecule has 0 aliphatic carbocycles. The van der Waals surface area contributed by atoms with Crippen molar-refractivity contribution in [2.75, 3.05) is 0 Å². The molecule has 0 heterocycles. The largest absolute Gasteiger partial charge is 0.218 e. The number of allylic oxidation sites excluding steroid dienone is 1. The first-order chi connectivity index (χ1) is 10.4. The average molecular weight is 352 g/mol. The van der Waals surface area contributed by atoms with Crippen molar-refractivity contribution < 1.29 is 8.42 Å². The standard InChI is InChI=1S/C16H11Cl2NO2S/c1-11-5-7-12(8-6-11)22(20,21)13(10-19)9-14-15(17)3-2-4-16(14)18/h2-9H,1H3. The molecule has 0 aliphatic rings. The number of rotatable bonds is 3. The highest BCUT2D eigenvalue weighted by atomic mass is 35.5. The smallest absolute Gasteiger partial charge is 0.216 e. The summed E-state index contributed by atoms with van der Waals surface area (Å²) in [4.78, 5) is -0.361. The average Bonchev–Trinajstić information content (AvgIpc) is 2.47. The van der Waals surface area contributed by atoms with Crippen LogP contribution in [0.15, 0.2) is 52.3 Å². The summed E-state index contributed by atoms with van der Waals surface area (Å²) in [5.41, 5.74) is 1.23. The molecule has 2 rings (SSSR count). The number of nitrogens with zero attached hydrogens (tertiary/aromatic N) is 1. The summed E-state index contributed by atoms with van der Waals surface area (Å²) in [5, 5.41) is 9.79. The van der Waals surface area contributed by atoms with Gasteiger partial charge >= 0.3 is 0 Å². The van der Waals surface area contributed by atoms with Crippen molar-refractivity contribution in [3.8, 4) is 6.07 Å². The lowest BCUT2D eigenvalue weighted by Crippen LogP contribution is -2.03. The van der Waals surface area contributed by atoms with Gasteiger partial charge in [-0.3, -0.25) is 0 Å². The zero-order valence-corrected chi connectivity index (χ0v) is 13.9. The first kappa shape index (κ1) is 16.6. The number of benzene rings is 2. The van der Waals surface area contributed by atoms with Crippen LogP contribution in [0, 0.1) is 18.3 Å². The minimum Gasteiger partial charge on any atom is -0.218 e. The highest BCUT2D eigenvalue weighted by molar-refractivity contribution is 7.95. The molecule has 0 unspecified atom stereocenters. The van der Waals surface area contributed by atoms with Gasteiger partial charge in [0.1, 0.15) is 11.0 Å². The van der Waals surface area contributed by atoms with Gasteiger partial charge in [0.25, 0.3) is 0 Å². The van der Waals surface area contributed by atoms with Crippen molar-refractivity contribution in [3.05, 3.63) is 68.5 Å². The summed E-state index contributed by atoms with van der Waals surface area (Å²) in [6.07, 6.45) is 1.19. The molecule has 0 spiro atoms. The highest BCUT2D eigenvalue weighted by Crippen LogP contribution is 2.29. The molecule has 3 nitrogen and oxygen atoms in total. The molecule has 112 valence electrons. The molecule has 0 saturated heterocycles. The highest BCUT2D eigenvalue weighted by Gasteiger charge is 2.21. The van der Waals surface area contributed by atoms with Gasteiger partial charge in [-0.05, 0) is 37.3 Å². The summed E-state index contributed by atoms with van der Waals surface area (Å²) < 4.78 is 25.0. The van der Waals surface area contributed by atoms with Crippen LogP contribution < -0.4 is 0 Å². The molecule has 0 saturated carbocycles. The number of aryl methyl sites for hydroxylation is 1. The topological polar surface area (TPSA) is 57.9 Å². The van der Waals surface area contributed by atoms with Gasteiger partial charge in [0.05, 0.1) is 4.90 Å². The number of hydrogen-bond donors (Lipinski definition) is 0. The van der Waals surface area contributed by atoms with Gasteiger partial charge in [0.15, 0.2) is 0 Å². The summed E-state index contributed by atoms with van der Waals surface area (Å²) in [6, 6.07) is 12.8. The van der Waals surface area contributed by atoms with Gasteiger partial charge in [-0.2, -0.15) is 5.26 Å².